The highest BCUT2D eigenvalue weighted by molar-refractivity contribution is 8.00. The second-order valence-electron chi connectivity index (χ2n) is 9.74. The van der Waals surface area contributed by atoms with Crippen LogP contribution in [0, 0.1) is 5.82 Å². The summed E-state index contributed by atoms with van der Waals surface area (Å²) in [4.78, 5) is 28.4. The van der Waals surface area contributed by atoms with Gasteiger partial charge in [-0.25, -0.2) is 4.39 Å². The van der Waals surface area contributed by atoms with E-state index in [0.29, 0.717) is 50.6 Å². The third-order valence-electron chi connectivity index (χ3n) is 6.97. The monoisotopic (exact) mass is 635 g/mol. The van der Waals surface area contributed by atoms with Gasteiger partial charge >= 0.3 is 5.91 Å². The molecule has 228 valence electrons. The Bertz CT molecular complexity index is 1690. The second kappa shape index (κ2) is 13.9. The average molecular weight is 636 g/mol. The van der Waals surface area contributed by atoms with Crippen molar-refractivity contribution in [3.8, 4) is 17.2 Å². The van der Waals surface area contributed by atoms with Gasteiger partial charge in [0.1, 0.15) is 17.3 Å². The Kier molecular flexibility index (Phi) is 9.81. The molecule has 0 saturated carbocycles. The van der Waals surface area contributed by atoms with Gasteiger partial charge < -0.3 is 19.3 Å². The number of hydrogen-bond donors (Lipinski definition) is 1. The summed E-state index contributed by atoms with van der Waals surface area (Å²) in [5.41, 5.74) is 1.22. The molecule has 0 aliphatic carbocycles. The summed E-state index contributed by atoms with van der Waals surface area (Å²) in [6, 6.07) is 17.1. The van der Waals surface area contributed by atoms with Gasteiger partial charge in [0, 0.05) is 11.3 Å². The smallest absolute Gasteiger partial charge is 0.301 e. The number of unbranched alkanes of at least 4 members (excludes halogenated alkanes) is 1. The quantitative estimate of drug-likeness (QED) is 0.0449. The third kappa shape index (κ3) is 6.41. The van der Waals surface area contributed by atoms with Crippen LogP contribution < -0.4 is 19.1 Å². The largest absolute Gasteiger partial charge is 0.507 e. The minimum Gasteiger partial charge on any atom is -0.507 e. The predicted octanol–water partition coefficient (Wildman–Crippen LogP) is 6.79. The van der Waals surface area contributed by atoms with E-state index in [4.69, 9.17) is 14.2 Å². The van der Waals surface area contributed by atoms with E-state index in [-0.39, 0.29) is 22.3 Å². The van der Waals surface area contributed by atoms with Crippen LogP contribution >= 0.6 is 23.1 Å². The normalized spacial score (nSPS) is 15.9. The number of hydrogen-bond acceptors (Lipinski definition) is 10. The molecule has 1 fully saturated rings. The third-order valence-corrected chi connectivity index (χ3v) is 9.08. The van der Waals surface area contributed by atoms with Crippen molar-refractivity contribution in [3.05, 3.63) is 94.8 Å². The predicted molar refractivity (Wildman–Crippen MR) is 167 cm³/mol. The van der Waals surface area contributed by atoms with Crippen molar-refractivity contribution in [1.82, 2.24) is 10.2 Å². The fourth-order valence-corrected chi connectivity index (χ4v) is 6.53. The number of benzene rings is 3. The molecular formula is C32H30FN3O6S2. The van der Waals surface area contributed by atoms with Crippen molar-refractivity contribution in [2.45, 2.75) is 35.9 Å². The van der Waals surface area contributed by atoms with Gasteiger partial charge in [-0.05, 0) is 60.0 Å². The molecule has 44 heavy (non-hydrogen) atoms. The highest BCUT2D eigenvalue weighted by Gasteiger charge is 2.48. The maximum absolute atomic E-state index is 14.2. The Morgan fingerprint density at radius 3 is 2.48 bits per heavy atom. The zero-order valence-corrected chi connectivity index (χ0v) is 25.9. The number of rotatable bonds is 12. The number of aromatic nitrogens is 2. The molecule has 1 unspecified atom stereocenters. The Morgan fingerprint density at radius 2 is 1.77 bits per heavy atom. The van der Waals surface area contributed by atoms with Gasteiger partial charge in [-0.3, -0.25) is 14.5 Å². The Balaban J connectivity index is 1.54. The van der Waals surface area contributed by atoms with Crippen molar-refractivity contribution < 1.29 is 33.3 Å². The molecule has 5 rings (SSSR count). The number of amides is 1. The number of ketones is 1. The van der Waals surface area contributed by atoms with E-state index in [1.807, 2.05) is 0 Å². The fraction of sp³-hybridized carbons (Fsp3) is 0.250. The van der Waals surface area contributed by atoms with Crippen LogP contribution in [0.3, 0.4) is 0 Å². The number of carbonyl (C=O) groups is 2. The van der Waals surface area contributed by atoms with Crippen LogP contribution in [0.25, 0.3) is 5.76 Å². The lowest BCUT2D eigenvalue weighted by atomic mass is 9.95. The summed E-state index contributed by atoms with van der Waals surface area (Å²) < 4.78 is 31.2. The van der Waals surface area contributed by atoms with E-state index >= 15 is 0 Å². The molecule has 0 bridgehead atoms. The van der Waals surface area contributed by atoms with Crippen molar-refractivity contribution in [1.29, 1.82) is 0 Å². The van der Waals surface area contributed by atoms with Crippen LogP contribution in [0.15, 0.2) is 76.6 Å². The van der Waals surface area contributed by atoms with Gasteiger partial charge in [-0.1, -0.05) is 60.7 Å². The lowest BCUT2D eigenvalue weighted by Crippen LogP contribution is -2.29. The number of carbonyl (C=O) groups excluding carboxylic acids is 2. The lowest BCUT2D eigenvalue weighted by molar-refractivity contribution is -0.132. The van der Waals surface area contributed by atoms with Crippen LogP contribution in [-0.4, -0.2) is 47.8 Å². The number of ether oxygens (including phenoxy) is 3. The maximum Gasteiger partial charge on any atom is 0.301 e. The number of thioether (sulfide) groups is 1. The molecule has 12 heteroatoms. The molecule has 3 aromatic carbocycles. The molecule has 1 amide bonds. The van der Waals surface area contributed by atoms with Crippen LogP contribution in [0.2, 0.25) is 0 Å². The van der Waals surface area contributed by atoms with Gasteiger partial charge in [-0.15, -0.1) is 10.2 Å². The average Bonchev–Trinajstić information content (AvgIpc) is 3.62. The zero-order valence-electron chi connectivity index (χ0n) is 24.3. The molecule has 0 spiro atoms. The SMILES string of the molecule is CCCCOc1ccc(/C(O)=C2\C(=O)C(=O)N(c3nnc(SCc4ccccc4F)s3)C2c2ccc(OC)c(OC)c2)cc1. The van der Waals surface area contributed by atoms with Crippen molar-refractivity contribution in [2.24, 2.45) is 0 Å². The highest BCUT2D eigenvalue weighted by atomic mass is 32.2. The molecule has 1 aromatic heterocycles. The maximum atomic E-state index is 14.2. The summed E-state index contributed by atoms with van der Waals surface area (Å²) in [5, 5.41) is 20.0. The first-order valence-corrected chi connectivity index (χ1v) is 15.6. The first-order chi connectivity index (χ1) is 21.4. The van der Waals surface area contributed by atoms with E-state index in [1.165, 1.54) is 36.9 Å². The first-order valence-electron chi connectivity index (χ1n) is 13.8. The Labute approximate surface area is 262 Å². The molecule has 1 aliphatic heterocycles. The fourth-order valence-electron chi connectivity index (χ4n) is 4.68. The van der Waals surface area contributed by atoms with E-state index in [0.717, 1.165) is 24.2 Å². The van der Waals surface area contributed by atoms with Crippen molar-refractivity contribution >= 4 is 45.7 Å². The molecule has 2 heterocycles. The molecule has 1 aliphatic rings. The van der Waals surface area contributed by atoms with Crippen LogP contribution in [0.1, 0.15) is 42.5 Å². The van der Waals surface area contributed by atoms with Gasteiger partial charge in [0.15, 0.2) is 15.8 Å². The number of aliphatic hydroxyl groups is 1. The summed E-state index contributed by atoms with van der Waals surface area (Å²) in [6.45, 7) is 2.64. The molecule has 1 saturated heterocycles. The van der Waals surface area contributed by atoms with Gasteiger partial charge in [0.05, 0.1) is 32.4 Å². The molecule has 4 aromatic rings. The van der Waals surface area contributed by atoms with E-state index in [2.05, 4.69) is 17.1 Å². The van der Waals surface area contributed by atoms with E-state index in [1.54, 1.807) is 60.7 Å². The van der Waals surface area contributed by atoms with E-state index < -0.39 is 17.7 Å². The molecule has 1 N–H and O–H groups in total. The zero-order chi connectivity index (χ0) is 31.2. The summed E-state index contributed by atoms with van der Waals surface area (Å²) in [7, 11) is 2.98. The molecule has 0 radical (unpaired) electrons. The number of aliphatic hydroxyl groups excluding tert-OH is 1. The second-order valence-corrected chi connectivity index (χ2v) is 11.9. The lowest BCUT2D eigenvalue weighted by Gasteiger charge is -2.23. The molecular weight excluding hydrogens is 605 g/mol. The van der Waals surface area contributed by atoms with Crippen molar-refractivity contribution in [3.63, 3.8) is 0 Å². The van der Waals surface area contributed by atoms with Gasteiger partial charge in [0.25, 0.3) is 5.78 Å². The first kappa shape index (κ1) is 31.0. The van der Waals surface area contributed by atoms with Crippen molar-refractivity contribution in [2.75, 3.05) is 25.7 Å². The summed E-state index contributed by atoms with van der Waals surface area (Å²) in [5.74, 6) is -0.654. The minimum atomic E-state index is -1.05. The van der Waals surface area contributed by atoms with Gasteiger partial charge in [0.2, 0.25) is 5.13 Å². The minimum absolute atomic E-state index is 0.113. The molecule has 1 atom stereocenters. The van der Waals surface area contributed by atoms with Gasteiger partial charge in [-0.2, -0.15) is 0 Å². The number of anilines is 1. The van der Waals surface area contributed by atoms with E-state index in [9.17, 15) is 19.1 Å². The number of methoxy groups -OCH3 is 2. The topological polar surface area (TPSA) is 111 Å². The highest BCUT2D eigenvalue weighted by Crippen LogP contribution is 2.45. The van der Waals surface area contributed by atoms with Crippen LogP contribution in [0.5, 0.6) is 17.2 Å². The summed E-state index contributed by atoms with van der Waals surface area (Å²) >= 11 is 2.35. The number of halogens is 1. The Morgan fingerprint density at radius 1 is 1.02 bits per heavy atom. The van der Waals surface area contributed by atoms with Crippen LogP contribution in [-0.2, 0) is 15.3 Å². The Hall–Kier alpha value is -4.42. The number of Topliss-reactive ketones (excluding diaryl/α,β-unsaturated/α-hetero) is 1. The number of nitrogens with zero attached hydrogens (tertiary/aromatic N) is 3. The van der Waals surface area contributed by atoms with Crippen LogP contribution in [0.4, 0.5) is 9.52 Å². The molecule has 9 nitrogen and oxygen atoms in total. The standard InChI is InChI=1S/C32H30FN3O6S2/c1-4-5-16-42-22-13-10-19(11-14-22)28(37)26-27(20-12-15-24(40-2)25(17-20)41-3)36(30(39)29(26)38)31-34-35-32(44-31)43-18-21-8-6-7-9-23(21)33/h6-15,17,27,37H,4-5,16,18H2,1-3H3/b28-26+. The summed E-state index contributed by atoms with van der Waals surface area (Å²) in [6.07, 6.45) is 1.90.